The Morgan fingerprint density at radius 2 is 2.20 bits per heavy atom. The zero-order chi connectivity index (χ0) is 7.61. The van der Waals surface area contributed by atoms with Crippen LogP contribution in [0.15, 0.2) is 0 Å². The predicted molar refractivity (Wildman–Crippen MR) is 44.1 cm³/mol. The van der Waals surface area contributed by atoms with E-state index in [1.54, 1.807) is 0 Å². The van der Waals surface area contributed by atoms with Gasteiger partial charge in [0.15, 0.2) is 0 Å². The molecule has 1 saturated heterocycles. The van der Waals surface area contributed by atoms with Crippen LogP contribution in [-0.2, 0) is 0 Å². The Labute approximate surface area is 63.6 Å². The van der Waals surface area contributed by atoms with Crippen molar-refractivity contribution in [2.75, 3.05) is 33.7 Å². The highest BCUT2D eigenvalue weighted by molar-refractivity contribution is 4.85. The number of nitrogens with one attached hydrogen (secondary N) is 1. The average molecular weight is 142 g/mol. The van der Waals surface area contributed by atoms with Gasteiger partial charge in [-0.1, -0.05) is 6.92 Å². The van der Waals surface area contributed by atoms with Gasteiger partial charge in [-0.25, -0.2) is 0 Å². The Bertz CT molecular complexity index is 104. The molecule has 1 fully saturated rings. The Hall–Kier alpha value is -0.0800. The number of hydrogen-bond acceptors (Lipinski definition) is 2. The van der Waals surface area contributed by atoms with Crippen molar-refractivity contribution in [2.45, 2.75) is 13.3 Å². The molecule has 10 heavy (non-hydrogen) atoms. The molecule has 0 saturated carbocycles. The van der Waals surface area contributed by atoms with Crippen LogP contribution in [0.2, 0.25) is 0 Å². The van der Waals surface area contributed by atoms with E-state index in [0.29, 0.717) is 5.41 Å². The van der Waals surface area contributed by atoms with E-state index in [1.807, 2.05) is 0 Å². The van der Waals surface area contributed by atoms with Crippen molar-refractivity contribution in [2.24, 2.45) is 5.41 Å². The lowest BCUT2D eigenvalue weighted by molar-refractivity contribution is 0.240. The van der Waals surface area contributed by atoms with Gasteiger partial charge < -0.3 is 10.2 Å². The summed E-state index contributed by atoms with van der Waals surface area (Å²) in [5, 5.41) is 3.39. The standard InChI is InChI=1S/C8H18N2/c1-8(7-10(2)3)4-5-9-6-8/h9H,4-7H2,1-3H3/t8-/m1/s1. The van der Waals surface area contributed by atoms with E-state index in [1.165, 1.54) is 26.1 Å². The summed E-state index contributed by atoms with van der Waals surface area (Å²) in [4.78, 5) is 2.27. The molecule has 1 rings (SSSR count). The topological polar surface area (TPSA) is 15.3 Å². The minimum absolute atomic E-state index is 0.531. The molecule has 1 atom stereocenters. The smallest absolute Gasteiger partial charge is 0.00419 e. The largest absolute Gasteiger partial charge is 0.316 e. The highest BCUT2D eigenvalue weighted by Gasteiger charge is 2.28. The van der Waals surface area contributed by atoms with E-state index in [0.717, 1.165) is 0 Å². The van der Waals surface area contributed by atoms with Crippen molar-refractivity contribution in [3.63, 3.8) is 0 Å². The third-order valence-electron chi connectivity index (χ3n) is 2.16. The number of nitrogens with zero attached hydrogens (tertiary/aromatic N) is 1. The number of hydrogen-bond donors (Lipinski definition) is 1. The molecule has 1 heterocycles. The summed E-state index contributed by atoms with van der Waals surface area (Å²) in [6.45, 7) is 5.95. The van der Waals surface area contributed by atoms with E-state index in [4.69, 9.17) is 0 Å². The molecule has 1 aliphatic heterocycles. The molecule has 0 bridgehead atoms. The SMILES string of the molecule is CN(C)C[C@]1(C)CCNC1. The number of rotatable bonds is 2. The summed E-state index contributed by atoms with van der Waals surface area (Å²) in [6, 6.07) is 0. The summed E-state index contributed by atoms with van der Waals surface area (Å²) in [6.07, 6.45) is 1.32. The Morgan fingerprint density at radius 3 is 2.60 bits per heavy atom. The summed E-state index contributed by atoms with van der Waals surface area (Å²) in [7, 11) is 4.28. The highest BCUT2D eigenvalue weighted by Crippen LogP contribution is 2.24. The van der Waals surface area contributed by atoms with Crippen LogP contribution in [0.4, 0.5) is 0 Å². The van der Waals surface area contributed by atoms with E-state index in [9.17, 15) is 0 Å². The predicted octanol–water partition coefficient (Wildman–Crippen LogP) is 0.548. The molecule has 0 radical (unpaired) electrons. The van der Waals surface area contributed by atoms with Crippen LogP contribution in [0, 0.1) is 5.41 Å². The molecule has 60 valence electrons. The molecule has 0 unspecified atom stereocenters. The lowest BCUT2D eigenvalue weighted by Crippen LogP contribution is -2.32. The maximum atomic E-state index is 3.39. The molecule has 1 aliphatic rings. The van der Waals surface area contributed by atoms with Gasteiger partial charge >= 0.3 is 0 Å². The first-order valence-corrected chi connectivity index (χ1v) is 3.98. The summed E-state index contributed by atoms with van der Waals surface area (Å²) >= 11 is 0. The molecule has 0 aromatic heterocycles. The zero-order valence-corrected chi connectivity index (χ0v) is 7.28. The minimum Gasteiger partial charge on any atom is -0.316 e. The van der Waals surface area contributed by atoms with Gasteiger partial charge in [0.2, 0.25) is 0 Å². The van der Waals surface area contributed by atoms with Gasteiger partial charge in [0.25, 0.3) is 0 Å². The highest BCUT2D eigenvalue weighted by atomic mass is 15.1. The lowest BCUT2D eigenvalue weighted by atomic mass is 9.89. The van der Waals surface area contributed by atoms with Gasteiger partial charge in [0.1, 0.15) is 0 Å². The van der Waals surface area contributed by atoms with Gasteiger partial charge in [0.05, 0.1) is 0 Å². The second-order valence-corrected chi connectivity index (χ2v) is 3.98. The van der Waals surface area contributed by atoms with Gasteiger partial charge in [0, 0.05) is 13.1 Å². The van der Waals surface area contributed by atoms with Crippen LogP contribution < -0.4 is 5.32 Å². The maximum absolute atomic E-state index is 3.39. The Balaban J connectivity index is 2.36. The third-order valence-corrected chi connectivity index (χ3v) is 2.16. The first kappa shape index (κ1) is 8.02. The summed E-state index contributed by atoms with van der Waals surface area (Å²) in [5.74, 6) is 0. The van der Waals surface area contributed by atoms with Crippen molar-refractivity contribution < 1.29 is 0 Å². The Kier molecular flexibility index (Phi) is 2.32. The summed E-state index contributed by atoms with van der Waals surface area (Å²) < 4.78 is 0. The quantitative estimate of drug-likeness (QED) is 0.605. The van der Waals surface area contributed by atoms with E-state index >= 15 is 0 Å². The van der Waals surface area contributed by atoms with Gasteiger partial charge in [-0.05, 0) is 32.5 Å². The average Bonchev–Trinajstić information content (AvgIpc) is 2.12. The lowest BCUT2D eigenvalue weighted by Gasteiger charge is -2.26. The Morgan fingerprint density at radius 1 is 1.50 bits per heavy atom. The van der Waals surface area contributed by atoms with Crippen molar-refractivity contribution in [3.8, 4) is 0 Å². The second-order valence-electron chi connectivity index (χ2n) is 3.98. The molecule has 2 heteroatoms. The van der Waals surface area contributed by atoms with Gasteiger partial charge in [-0.15, -0.1) is 0 Å². The van der Waals surface area contributed by atoms with E-state index in [-0.39, 0.29) is 0 Å². The van der Waals surface area contributed by atoms with E-state index in [2.05, 4.69) is 31.2 Å². The maximum Gasteiger partial charge on any atom is 0.00419 e. The van der Waals surface area contributed by atoms with Crippen LogP contribution in [0.5, 0.6) is 0 Å². The van der Waals surface area contributed by atoms with Crippen molar-refractivity contribution in [3.05, 3.63) is 0 Å². The van der Waals surface area contributed by atoms with Crippen molar-refractivity contribution in [1.29, 1.82) is 0 Å². The van der Waals surface area contributed by atoms with Crippen LogP contribution in [0.3, 0.4) is 0 Å². The minimum atomic E-state index is 0.531. The third kappa shape index (κ3) is 1.96. The molecule has 0 aliphatic carbocycles. The molecular weight excluding hydrogens is 124 g/mol. The molecule has 2 nitrogen and oxygen atoms in total. The fourth-order valence-corrected chi connectivity index (χ4v) is 1.77. The van der Waals surface area contributed by atoms with Crippen LogP contribution in [0.25, 0.3) is 0 Å². The summed E-state index contributed by atoms with van der Waals surface area (Å²) in [5.41, 5.74) is 0.531. The molecule has 0 amide bonds. The van der Waals surface area contributed by atoms with Crippen LogP contribution >= 0.6 is 0 Å². The van der Waals surface area contributed by atoms with Crippen LogP contribution in [0.1, 0.15) is 13.3 Å². The van der Waals surface area contributed by atoms with Crippen LogP contribution in [-0.4, -0.2) is 38.6 Å². The van der Waals surface area contributed by atoms with Gasteiger partial charge in [-0.3, -0.25) is 0 Å². The van der Waals surface area contributed by atoms with Crippen molar-refractivity contribution in [1.82, 2.24) is 10.2 Å². The monoisotopic (exact) mass is 142 g/mol. The van der Waals surface area contributed by atoms with Gasteiger partial charge in [-0.2, -0.15) is 0 Å². The normalized spacial score (nSPS) is 33.6. The fourth-order valence-electron chi connectivity index (χ4n) is 1.77. The molecular formula is C8H18N2. The first-order valence-electron chi connectivity index (χ1n) is 3.98. The fraction of sp³-hybridized carbons (Fsp3) is 1.00. The molecule has 0 aromatic rings. The molecule has 0 spiro atoms. The first-order chi connectivity index (χ1) is 4.62. The molecule has 1 N–H and O–H groups in total. The second kappa shape index (κ2) is 2.89. The van der Waals surface area contributed by atoms with E-state index < -0.39 is 0 Å². The molecule has 0 aromatic carbocycles. The zero-order valence-electron chi connectivity index (χ0n) is 7.28. The van der Waals surface area contributed by atoms with Crippen molar-refractivity contribution >= 4 is 0 Å².